The summed E-state index contributed by atoms with van der Waals surface area (Å²) in [6.07, 6.45) is 12.9. The number of aromatic nitrogens is 4. The number of rotatable bonds is 7. The molecule has 2 aromatic carbocycles. The molecule has 33 heavy (non-hydrogen) atoms. The highest BCUT2D eigenvalue weighted by atomic mass is 35.5. The summed E-state index contributed by atoms with van der Waals surface area (Å²) in [7, 11) is 0. The highest BCUT2D eigenvalue weighted by Crippen LogP contribution is 2.29. The molecule has 0 unspecified atom stereocenters. The fourth-order valence-corrected chi connectivity index (χ4v) is 5.16. The Morgan fingerprint density at radius 3 is 2.79 bits per heavy atom. The molecule has 0 spiro atoms. The molecule has 2 heterocycles. The number of aryl methyl sites for hydroxylation is 1. The highest BCUT2D eigenvalue weighted by molar-refractivity contribution is 8.00. The smallest absolute Gasteiger partial charge is 0.223 e. The van der Waals surface area contributed by atoms with Gasteiger partial charge in [-0.25, -0.2) is 14.6 Å². The van der Waals surface area contributed by atoms with Gasteiger partial charge in [0.25, 0.3) is 0 Å². The second-order valence-corrected chi connectivity index (χ2v) is 9.63. The van der Waals surface area contributed by atoms with E-state index in [4.69, 9.17) is 16.6 Å². The monoisotopic (exact) mass is 478 g/mol. The molecule has 1 fully saturated rings. The van der Waals surface area contributed by atoms with Crippen LogP contribution in [0.2, 0.25) is 5.02 Å². The second-order valence-electron chi connectivity index (χ2n) is 8.38. The van der Waals surface area contributed by atoms with Crippen LogP contribution in [0.4, 0.5) is 11.6 Å². The lowest BCUT2D eigenvalue weighted by molar-refractivity contribution is 0.461. The molecule has 0 radical (unpaired) electrons. The molecule has 0 aliphatic heterocycles. The van der Waals surface area contributed by atoms with Gasteiger partial charge in [0.15, 0.2) is 0 Å². The van der Waals surface area contributed by atoms with Crippen molar-refractivity contribution in [3.05, 3.63) is 65.6 Å². The lowest BCUT2D eigenvalue weighted by Crippen LogP contribution is -2.23. The van der Waals surface area contributed by atoms with E-state index in [-0.39, 0.29) is 0 Å². The number of anilines is 2. The van der Waals surface area contributed by atoms with E-state index < -0.39 is 0 Å². The molecular formula is C25H27ClN6S. The van der Waals surface area contributed by atoms with Crippen LogP contribution in [0.15, 0.2) is 59.9 Å². The molecule has 4 aromatic rings. The van der Waals surface area contributed by atoms with Gasteiger partial charge >= 0.3 is 0 Å². The molecule has 2 aromatic heterocycles. The molecule has 8 heteroatoms. The summed E-state index contributed by atoms with van der Waals surface area (Å²) in [6.45, 7) is 2.16. The second kappa shape index (κ2) is 10.0. The number of halogens is 1. The SMILES string of the molecule is CCc1cc(-n2cc(NSc3ccccc3Cl)cn2)cc2cnc(NC3CCCCC3)nc12. The van der Waals surface area contributed by atoms with Crippen molar-refractivity contribution in [1.29, 1.82) is 0 Å². The summed E-state index contributed by atoms with van der Waals surface area (Å²) in [4.78, 5) is 10.5. The maximum Gasteiger partial charge on any atom is 0.223 e. The molecule has 5 rings (SSSR count). The van der Waals surface area contributed by atoms with Crippen LogP contribution in [0.1, 0.15) is 44.6 Å². The quantitative estimate of drug-likeness (QED) is 0.282. The van der Waals surface area contributed by atoms with Gasteiger partial charge in [0, 0.05) is 22.5 Å². The number of nitrogens with zero attached hydrogens (tertiary/aromatic N) is 4. The third-order valence-electron chi connectivity index (χ3n) is 6.03. The molecule has 6 nitrogen and oxygen atoms in total. The first kappa shape index (κ1) is 22.0. The van der Waals surface area contributed by atoms with Crippen LogP contribution in [-0.4, -0.2) is 25.8 Å². The largest absolute Gasteiger partial charge is 0.351 e. The van der Waals surface area contributed by atoms with Gasteiger partial charge in [-0.05, 0) is 61.0 Å². The number of nitrogens with one attached hydrogen (secondary N) is 2. The van der Waals surface area contributed by atoms with Gasteiger partial charge in [0.1, 0.15) is 0 Å². The highest BCUT2D eigenvalue weighted by Gasteiger charge is 2.15. The molecule has 0 bridgehead atoms. The summed E-state index contributed by atoms with van der Waals surface area (Å²) >= 11 is 7.72. The first-order valence-corrected chi connectivity index (χ1v) is 12.7. The molecule has 1 saturated carbocycles. The molecule has 1 aliphatic carbocycles. The summed E-state index contributed by atoms with van der Waals surface area (Å²) < 4.78 is 5.20. The number of hydrogen-bond acceptors (Lipinski definition) is 6. The molecule has 1 aliphatic rings. The predicted octanol–water partition coefficient (Wildman–Crippen LogP) is 6.90. The van der Waals surface area contributed by atoms with Gasteiger partial charge in [0.05, 0.1) is 34.3 Å². The van der Waals surface area contributed by atoms with Crippen molar-refractivity contribution in [2.45, 2.75) is 56.4 Å². The third-order valence-corrected chi connectivity index (χ3v) is 7.38. The zero-order valence-corrected chi connectivity index (χ0v) is 20.2. The lowest BCUT2D eigenvalue weighted by Gasteiger charge is -2.22. The van der Waals surface area contributed by atoms with Crippen LogP contribution in [0, 0.1) is 0 Å². The molecule has 170 valence electrons. The minimum absolute atomic E-state index is 0.485. The van der Waals surface area contributed by atoms with Gasteiger partial charge < -0.3 is 10.0 Å². The van der Waals surface area contributed by atoms with Crippen molar-refractivity contribution in [3.63, 3.8) is 0 Å². The van der Waals surface area contributed by atoms with Crippen molar-refractivity contribution >= 4 is 46.1 Å². The third kappa shape index (κ3) is 5.09. The first-order valence-electron chi connectivity index (χ1n) is 11.5. The molecule has 0 atom stereocenters. The van der Waals surface area contributed by atoms with Crippen LogP contribution in [0.3, 0.4) is 0 Å². The van der Waals surface area contributed by atoms with E-state index >= 15 is 0 Å². The van der Waals surface area contributed by atoms with E-state index in [2.05, 4.69) is 39.2 Å². The van der Waals surface area contributed by atoms with E-state index in [1.165, 1.54) is 49.6 Å². The zero-order valence-electron chi connectivity index (χ0n) is 18.6. The van der Waals surface area contributed by atoms with E-state index in [9.17, 15) is 0 Å². The maximum absolute atomic E-state index is 6.25. The van der Waals surface area contributed by atoms with Gasteiger partial charge in [-0.3, -0.25) is 0 Å². The van der Waals surface area contributed by atoms with Crippen LogP contribution >= 0.6 is 23.5 Å². The number of hydrogen-bond donors (Lipinski definition) is 2. The average molecular weight is 479 g/mol. The van der Waals surface area contributed by atoms with Crippen molar-refractivity contribution in [1.82, 2.24) is 19.7 Å². The molecule has 0 amide bonds. The van der Waals surface area contributed by atoms with Gasteiger partial charge in [-0.1, -0.05) is 49.9 Å². The first-order chi connectivity index (χ1) is 16.2. The Morgan fingerprint density at radius 1 is 1.12 bits per heavy atom. The summed E-state index contributed by atoms with van der Waals surface area (Å²) in [5.41, 5.74) is 4.09. The Bertz CT molecular complexity index is 1250. The molecule has 2 N–H and O–H groups in total. The topological polar surface area (TPSA) is 67.7 Å². The molecular weight excluding hydrogens is 452 g/mol. The Balaban J connectivity index is 1.36. The molecule has 0 saturated heterocycles. The van der Waals surface area contributed by atoms with Crippen molar-refractivity contribution in [2.75, 3.05) is 10.0 Å². The number of benzene rings is 2. The lowest BCUT2D eigenvalue weighted by atomic mass is 9.96. The van der Waals surface area contributed by atoms with Crippen LogP contribution in [0.5, 0.6) is 0 Å². The fraction of sp³-hybridized carbons (Fsp3) is 0.320. The maximum atomic E-state index is 6.25. The Kier molecular flexibility index (Phi) is 6.69. The van der Waals surface area contributed by atoms with Crippen molar-refractivity contribution in [3.8, 4) is 5.69 Å². The van der Waals surface area contributed by atoms with E-state index in [1.54, 1.807) is 0 Å². The van der Waals surface area contributed by atoms with Crippen molar-refractivity contribution in [2.24, 2.45) is 0 Å². The normalized spacial score (nSPS) is 14.5. The predicted molar refractivity (Wildman–Crippen MR) is 137 cm³/mol. The fourth-order valence-electron chi connectivity index (χ4n) is 4.26. The van der Waals surface area contributed by atoms with Gasteiger partial charge in [-0.15, -0.1) is 0 Å². The Labute approximate surface area is 203 Å². The summed E-state index contributed by atoms with van der Waals surface area (Å²) in [6, 6.07) is 12.5. The van der Waals surface area contributed by atoms with Crippen LogP contribution in [-0.2, 0) is 6.42 Å². The summed E-state index contributed by atoms with van der Waals surface area (Å²) in [5.74, 6) is 0.735. The summed E-state index contributed by atoms with van der Waals surface area (Å²) in [5, 5.41) is 9.84. The van der Waals surface area contributed by atoms with Crippen LogP contribution < -0.4 is 10.0 Å². The van der Waals surface area contributed by atoms with E-state index in [1.807, 2.05) is 47.5 Å². The minimum atomic E-state index is 0.485. The Hall–Kier alpha value is -2.77. The standard InChI is InChI=1S/C25H27ClN6S/c1-2-17-12-21(32-16-20(15-28-32)31-33-23-11-7-6-10-22(23)26)13-18-14-27-25(30-24(17)18)29-19-8-4-3-5-9-19/h6-7,10-16,19,31H,2-5,8-9H2,1H3,(H,27,29,30). The number of fused-ring (bicyclic) bond motifs is 1. The minimum Gasteiger partial charge on any atom is -0.351 e. The van der Waals surface area contributed by atoms with Crippen molar-refractivity contribution < 1.29 is 0 Å². The van der Waals surface area contributed by atoms with Crippen LogP contribution in [0.25, 0.3) is 16.6 Å². The van der Waals surface area contributed by atoms with Gasteiger partial charge in [0.2, 0.25) is 5.95 Å². The average Bonchev–Trinajstić information content (AvgIpc) is 3.33. The van der Waals surface area contributed by atoms with E-state index in [0.29, 0.717) is 6.04 Å². The Morgan fingerprint density at radius 2 is 1.97 bits per heavy atom. The van der Waals surface area contributed by atoms with Gasteiger partial charge in [-0.2, -0.15) is 5.10 Å². The van der Waals surface area contributed by atoms with E-state index in [0.717, 1.165) is 44.6 Å². The zero-order chi connectivity index (χ0) is 22.6.